The third kappa shape index (κ3) is 2.71. The van der Waals surface area contributed by atoms with Crippen molar-refractivity contribution in [1.82, 2.24) is 25.1 Å². The lowest BCUT2D eigenvalue weighted by molar-refractivity contribution is 0.244. The molecule has 3 aromatic rings. The number of nitrogens with one attached hydrogen (secondary N) is 2. The highest BCUT2D eigenvalue weighted by Gasteiger charge is 2.26. The summed E-state index contributed by atoms with van der Waals surface area (Å²) in [5.41, 5.74) is 1.65. The largest absolute Gasteiger partial charge is 0.364 e. The molecular formula is C17H19FN6. The molecule has 2 atom stereocenters. The molecule has 7 heteroatoms. The number of para-hydroxylation sites is 1. The fourth-order valence-electron chi connectivity index (χ4n) is 3.04. The van der Waals surface area contributed by atoms with E-state index in [0.29, 0.717) is 18.2 Å². The van der Waals surface area contributed by atoms with Crippen LogP contribution in [-0.4, -0.2) is 45.1 Å². The molecule has 1 saturated heterocycles. The summed E-state index contributed by atoms with van der Waals surface area (Å²) in [5, 5.41) is 11.6. The average Bonchev–Trinajstić information content (AvgIpc) is 3.01. The van der Waals surface area contributed by atoms with Crippen LogP contribution in [0, 0.1) is 6.92 Å². The van der Waals surface area contributed by atoms with Gasteiger partial charge >= 0.3 is 0 Å². The van der Waals surface area contributed by atoms with Crippen LogP contribution in [-0.2, 0) is 0 Å². The second-order valence-electron chi connectivity index (χ2n) is 6.01. The van der Waals surface area contributed by atoms with Gasteiger partial charge in [-0.1, -0.05) is 18.2 Å². The highest BCUT2D eigenvalue weighted by molar-refractivity contribution is 5.87. The molecule has 0 bridgehead atoms. The fourth-order valence-corrected chi connectivity index (χ4v) is 3.04. The SMILES string of the molecule is Cc1nc(N[C@@H]2CCNC[C@H]2F)c2cnn(-c3ccccc3)c2n1. The summed E-state index contributed by atoms with van der Waals surface area (Å²) in [6.45, 7) is 3.00. The maximum absolute atomic E-state index is 14.1. The van der Waals surface area contributed by atoms with Crippen LogP contribution in [0.1, 0.15) is 12.2 Å². The van der Waals surface area contributed by atoms with Crippen molar-refractivity contribution in [1.29, 1.82) is 0 Å². The molecule has 1 aromatic carbocycles. The molecule has 1 aliphatic heterocycles. The number of rotatable bonds is 3. The lowest BCUT2D eigenvalue weighted by Gasteiger charge is -2.28. The van der Waals surface area contributed by atoms with E-state index in [-0.39, 0.29) is 6.04 Å². The Kier molecular flexibility index (Phi) is 3.86. The number of benzene rings is 1. The van der Waals surface area contributed by atoms with Crippen molar-refractivity contribution in [3.63, 3.8) is 0 Å². The van der Waals surface area contributed by atoms with Crippen molar-refractivity contribution in [2.75, 3.05) is 18.4 Å². The summed E-state index contributed by atoms with van der Waals surface area (Å²) in [4.78, 5) is 9.00. The van der Waals surface area contributed by atoms with E-state index in [1.807, 2.05) is 37.3 Å². The Morgan fingerprint density at radius 1 is 1.25 bits per heavy atom. The van der Waals surface area contributed by atoms with Crippen molar-refractivity contribution >= 4 is 16.9 Å². The van der Waals surface area contributed by atoms with Gasteiger partial charge in [-0.3, -0.25) is 0 Å². The average molecular weight is 326 g/mol. The summed E-state index contributed by atoms with van der Waals surface area (Å²) in [6.07, 6.45) is 1.52. The number of hydrogen-bond donors (Lipinski definition) is 2. The van der Waals surface area contributed by atoms with E-state index in [1.54, 1.807) is 10.9 Å². The maximum atomic E-state index is 14.1. The zero-order chi connectivity index (χ0) is 16.5. The van der Waals surface area contributed by atoms with Gasteiger partial charge in [-0.05, 0) is 32.0 Å². The lowest BCUT2D eigenvalue weighted by Crippen LogP contribution is -2.45. The molecule has 0 spiro atoms. The highest BCUT2D eigenvalue weighted by atomic mass is 19.1. The molecular weight excluding hydrogens is 307 g/mol. The maximum Gasteiger partial charge on any atom is 0.168 e. The number of hydrogen-bond acceptors (Lipinski definition) is 5. The van der Waals surface area contributed by atoms with Gasteiger partial charge in [-0.2, -0.15) is 5.10 Å². The predicted molar refractivity (Wildman–Crippen MR) is 91.2 cm³/mol. The van der Waals surface area contributed by atoms with Crippen molar-refractivity contribution < 1.29 is 4.39 Å². The summed E-state index contributed by atoms with van der Waals surface area (Å²) in [7, 11) is 0. The second-order valence-corrected chi connectivity index (χ2v) is 6.01. The first-order chi connectivity index (χ1) is 11.7. The van der Waals surface area contributed by atoms with Gasteiger partial charge in [-0.25, -0.2) is 19.0 Å². The van der Waals surface area contributed by atoms with Crippen LogP contribution in [0.3, 0.4) is 0 Å². The van der Waals surface area contributed by atoms with Crippen LogP contribution in [0.5, 0.6) is 0 Å². The van der Waals surface area contributed by atoms with E-state index in [4.69, 9.17) is 0 Å². The Bertz CT molecular complexity index is 847. The van der Waals surface area contributed by atoms with Gasteiger partial charge in [0.05, 0.1) is 23.3 Å². The number of alkyl halides is 1. The zero-order valence-corrected chi connectivity index (χ0v) is 13.4. The molecule has 0 saturated carbocycles. The first kappa shape index (κ1) is 15.0. The predicted octanol–water partition coefficient (Wildman–Crippen LogP) is 2.24. The number of anilines is 1. The van der Waals surface area contributed by atoms with Gasteiger partial charge in [0.25, 0.3) is 0 Å². The van der Waals surface area contributed by atoms with Crippen molar-refractivity contribution in [2.24, 2.45) is 0 Å². The molecule has 0 unspecified atom stereocenters. The minimum atomic E-state index is -0.937. The Labute approximate surface area is 139 Å². The van der Waals surface area contributed by atoms with Crippen LogP contribution < -0.4 is 10.6 Å². The van der Waals surface area contributed by atoms with Crippen molar-refractivity contribution in [2.45, 2.75) is 25.6 Å². The third-order valence-electron chi connectivity index (χ3n) is 4.27. The molecule has 24 heavy (non-hydrogen) atoms. The zero-order valence-electron chi connectivity index (χ0n) is 13.4. The molecule has 6 nitrogen and oxygen atoms in total. The van der Waals surface area contributed by atoms with Crippen LogP contribution in [0.2, 0.25) is 0 Å². The number of piperidine rings is 1. The van der Waals surface area contributed by atoms with Gasteiger partial charge in [0.15, 0.2) is 5.65 Å². The minimum absolute atomic E-state index is 0.246. The van der Waals surface area contributed by atoms with E-state index < -0.39 is 6.17 Å². The summed E-state index contributed by atoms with van der Waals surface area (Å²) < 4.78 is 15.9. The molecule has 2 N–H and O–H groups in total. The molecule has 0 amide bonds. The number of aromatic nitrogens is 4. The van der Waals surface area contributed by atoms with Gasteiger partial charge in [0.2, 0.25) is 0 Å². The fraction of sp³-hybridized carbons (Fsp3) is 0.353. The Morgan fingerprint density at radius 2 is 2.08 bits per heavy atom. The van der Waals surface area contributed by atoms with Crippen LogP contribution in [0.25, 0.3) is 16.7 Å². The molecule has 0 aliphatic carbocycles. The molecule has 3 heterocycles. The van der Waals surface area contributed by atoms with E-state index in [0.717, 1.165) is 29.7 Å². The monoisotopic (exact) mass is 326 g/mol. The molecule has 124 valence electrons. The summed E-state index contributed by atoms with van der Waals surface area (Å²) in [6, 6.07) is 9.57. The Hall–Kier alpha value is -2.54. The van der Waals surface area contributed by atoms with E-state index in [1.165, 1.54) is 0 Å². The van der Waals surface area contributed by atoms with Gasteiger partial charge < -0.3 is 10.6 Å². The van der Waals surface area contributed by atoms with Crippen molar-refractivity contribution in [3.8, 4) is 5.69 Å². The summed E-state index contributed by atoms with van der Waals surface area (Å²) in [5.74, 6) is 1.28. The van der Waals surface area contributed by atoms with Crippen LogP contribution in [0.4, 0.5) is 10.2 Å². The molecule has 2 aromatic heterocycles. The third-order valence-corrected chi connectivity index (χ3v) is 4.27. The normalized spacial score (nSPS) is 21.1. The Morgan fingerprint density at radius 3 is 2.88 bits per heavy atom. The quantitative estimate of drug-likeness (QED) is 0.772. The lowest BCUT2D eigenvalue weighted by atomic mass is 10.0. The van der Waals surface area contributed by atoms with E-state index in [9.17, 15) is 4.39 Å². The van der Waals surface area contributed by atoms with Gasteiger partial charge in [0, 0.05) is 6.54 Å². The Balaban J connectivity index is 1.75. The minimum Gasteiger partial charge on any atom is -0.364 e. The number of fused-ring (bicyclic) bond motifs is 1. The summed E-state index contributed by atoms with van der Waals surface area (Å²) >= 11 is 0. The first-order valence-corrected chi connectivity index (χ1v) is 8.11. The number of nitrogens with zero attached hydrogens (tertiary/aromatic N) is 4. The second kappa shape index (κ2) is 6.16. The highest BCUT2D eigenvalue weighted by Crippen LogP contribution is 2.24. The standard InChI is InChI=1S/C17H19FN6/c1-11-21-16(23-15-7-8-19-10-14(15)18)13-9-20-24(17(13)22-11)12-5-3-2-4-6-12/h2-6,9,14-15,19H,7-8,10H2,1H3,(H,21,22,23)/t14-,15-/m1/s1. The van der Waals surface area contributed by atoms with E-state index in [2.05, 4.69) is 25.7 Å². The van der Waals surface area contributed by atoms with E-state index >= 15 is 0 Å². The smallest absolute Gasteiger partial charge is 0.168 e. The van der Waals surface area contributed by atoms with Gasteiger partial charge in [-0.15, -0.1) is 0 Å². The van der Waals surface area contributed by atoms with Crippen LogP contribution >= 0.6 is 0 Å². The molecule has 1 fully saturated rings. The molecule has 4 rings (SSSR count). The topological polar surface area (TPSA) is 67.7 Å². The molecule has 1 aliphatic rings. The number of halogens is 1. The number of aryl methyl sites for hydroxylation is 1. The van der Waals surface area contributed by atoms with Crippen molar-refractivity contribution in [3.05, 3.63) is 42.4 Å². The molecule has 0 radical (unpaired) electrons. The first-order valence-electron chi connectivity index (χ1n) is 8.11. The van der Waals surface area contributed by atoms with Crippen LogP contribution in [0.15, 0.2) is 36.5 Å². The van der Waals surface area contributed by atoms with Gasteiger partial charge in [0.1, 0.15) is 17.8 Å².